The molecule has 2 heteroatoms. The zero-order valence-corrected chi connectivity index (χ0v) is 11.5. The van der Waals surface area contributed by atoms with Gasteiger partial charge in [0.15, 0.2) is 0 Å². The highest BCUT2D eigenvalue weighted by atomic mass is 16.5. The van der Waals surface area contributed by atoms with E-state index in [9.17, 15) is 0 Å². The van der Waals surface area contributed by atoms with Crippen LogP contribution in [0.25, 0.3) is 0 Å². The van der Waals surface area contributed by atoms with Crippen molar-refractivity contribution in [1.29, 1.82) is 0 Å². The van der Waals surface area contributed by atoms with Gasteiger partial charge in [-0.25, -0.2) is 0 Å². The van der Waals surface area contributed by atoms with E-state index < -0.39 is 0 Å². The van der Waals surface area contributed by atoms with Crippen molar-refractivity contribution in [2.75, 3.05) is 20.1 Å². The molecular formula is C14H29NO. The normalized spacial score (nSPS) is 26.6. The summed E-state index contributed by atoms with van der Waals surface area (Å²) in [5.41, 5.74) is 0. The van der Waals surface area contributed by atoms with Crippen LogP contribution in [0.5, 0.6) is 0 Å². The van der Waals surface area contributed by atoms with Crippen molar-refractivity contribution < 1.29 is 4.74 Å². The van der Waals surface area contributed by atoms with Gasteiger partial charge in [-0.3, -0.25) is 0 Å². The van der Waals surface area contributed by atoms with Crippen molar-refractivity contribution in [3.63, 3.8) is 0 Å². The predicted octanol–water partition coefficient (Wildman–Crippen LogP) is 3.31. The summed E-state index contributed by atoms with van der Waals surface area (Å²) in [6.45, 7) is 9.05. The first-order chi connectivity index (χ1) is 7.61. The molecule has 0 aromatic carbocycles. The SMILES string of the molecule is CCCN(C)CC1CCC(OC(C)C)CC1. The molecule has 0 aromatic heterocycles. The van der Waals surface area contributed by atoms with Gasteiger partial charge in [0.25, 0.3) is 0 Å². The third-order valence-corrected chi connectivity index (χ3v) is 3.43. The lowest BCUT2D eigenvalue weighted by Crippen LogP contribution is -2.31. The number of rotatable bonds is 6. The summed E-state index contributed by atoms with van der Waals surface area (Å²) in [5.74, 6) is 0.906. The van der Waals surface area contributed by atoms with Gasteiger partial charge in [-0.15, -0.1) is 0 Å². The molecule has 0 radical (unpaired) electrons. The van der Waals surface area contributed by atoms with E-state index in [1.807, 2.05) is 0 Å². The van der Waals surface area contributed by atoms with Crippen molar-refractivity contribution in [2.45, 2.75) is 65.1 Å². The minimum atomic E-state index is 0.393. The second-order valence-electron chi connectivity index (χ2n) is 5.59. The van der Waals surface area contributed by atoms with E-state index in [0.29, 0.717) is 12.2 Å². The molecule has 0 saturated heterocycles. The molecule has 0 unspecified atom stereocenters. The van der Waals surface area contributed by atoms with Gasteiger partial charge in [0.05, 0.1) is 12.2 Å². The third kappa shape index (κ3) is 5.31. The highest BCUT2D eigenvalue weighted by Gasteiger charge is 2.22. The highest BCUT2D eigenvalue weighted by molar-refractivity contribution is 4.75. The van der Waals surface area contributed by atoms with Gasteiger partial charge in [0.2, 0.25) is 0 Å². The van der Waals surface area contributed by atoms with E-state index in [4.69, 9.17) is 4.74 Å². The van der Waals surface area contributed by atoms with Crippen LogP contribution in [-0.2, 0) is 4.74 Å². The van der Waals surface area contributed by atoms with Gasteiger partial charge < -0.3 is 9.64 Å². The number of hydrogen-bond acceptors (Lipinski definition) is 2. The van der Waals surface area contributed by atoms with Crippen LogP contribution in [0, 0.1) is 5.92 Å². The zero-order chi connectivity index (χ0) is 12.0. The molecule has 1 aliphatic rings. The predicted molar refractivity (Wildman–Crippen MR) is 69.8 cm³/mol. The molecule has 1 fully saturated rings. The summed E-state index contributed by atoms with van der Waals surface area (Å²) in [7, 11) is 2.25. The van der Waals surface area contributed by atoms with Crippen LogP contribution >= 0.6 is 0 Å². The summed E-state index contributed by atoms with van der Waals surface area (Å²) in [6, 6.07) is 0. The Morgan fingerprint density at radius 2 is 1.81 bits per heavy atom. The number of ether oxygens (including phenoxy) is 1. The van der Waals surface area contributed by atoms with E-state index in [-0.39, 0.29) is 0 Å². The van der Waals surface area contributed by atoms with Crippen molar-refractivity contribution in [2.24, 2.45) is 5.92 Å². The molecule has 0 amide bonds. The van der Waals surface area contributed by atoms with Gasteiger partial charge in [0, 0.05) is 6.54 Å². The molecule has 2 nitrogen and oxygen atoms in total. The Morgan fingerprint density at radius 1 is 1.19 bits per heavy atom. The minimum absolute atomic E-state index is 0.393. The Kier molecular flexibility index (Phi) is 6.37. The Balaban J connectivity index is 2.16. The largest absolute Gasteiger partial charge is 0.376 e. The van der Waals surface area contributed by atoms with Crippen LogP contribution in [-0.4, -0.2) is 37.2 Å². The summed E-state index contributed by atoms with van der Waals surface area (Å²) in [4.78, 5) is 2.48. The smallest absolute Gasteiger partial charge is 0.0578 e. The van der Waals surface area contributed by atoms with Crippen LogP contribution in [0.4, 0.5) is 0 Å². The lowest BCUT2D eigenvalue weighted by molar-refractivity contribution is -0.0215. The van der Waals surface area contributed by atoms with Gasteiger partial charge in [0.1, 0.15) is 0 Å². The fourth-order valence-electron chi connectivity index (χ4n) is 2.75. The second kappa shape index (κ2) is 7.29. The second-order valence-corrected chi connectivity index (χ2v) is 5.59. The number of nitrogens with zero attached hydrogens (tertiary/aromatic N) is 1. The van der Waals surface area contributed by atoms with Crippen molar-refractivity contribution >= 4 is 0 Å². The minimum Gasteiger partial charge on any atom is -0.376 e. The monoisotopic (exact) mass is 227 g/mol. The Labute approximate surface area is 101 Å². The van der Waals surface area contributed by atoms with Crippen LogP contribution < -0.4 is 0 Å². The summed E-state index contributed by atoms with van der Waals surface area (Å²) in [6.07, 6.45) is 7.43. The van der Waals surface area contributed by atoms with Crippen LogP contribution in [0.3, 0.4) is 0 Å². The quantitative estimate of drug-likeness (QED) is 0.690. The molecule has 0 atom stereocenters. The van der Waals surface area contributed by atoms with Gasteiger partial charge in [-0.05, 0) is 65.5 Å². The average molecular weight is 227 g/mol. The highest BCUT2D eigenvalue weighted by Crippen LogP contribution is 2.27. The topological polar surface area (TPSA) is 12.5 Å². The van der Waals surface area contributed by atoms with Crippen molar-refractivity contribution in [3.05, 3.63) is 0 Å². The van der Waals surface area contributed by atoms with Crippen LogP contribution in [0.15, 0.2) is 0 Å². The molecular weight excluding hydrogens is 198 g/mol. The lowest BCUT2D eigenvalue weighted by Gasteiger charge is -2.32. The van der Waals surface area contributed by atoms with E-state index in [1.165, 1.54) is 45.2 Å². The van der Waals surface area contributed by atoms with E-state index in [2.05, 4.69) is 32.7 Å². The molecule has 0 N–H and O–H groups in total. The van der Waals surface area contributed by atoms with Crippen molar-refractivity contribution in [3.8, 4) is 0 Å². The third-order valence-electron chi connectivity index (χ3n) is 3.43. The average Bonchev–Trinajstić information content (AvgIpc) is 2.20. The maximum Gasteiger partial charge on any atom is 0.0578 e. The first-order valence-electron chi connectivity index (χ1n) is 6.95. The Hall–Kier alpha value is -0.0800. The maximum atomic E-state index is 5.88. The maximum absolute atomic E-state index is 5.88. The van der Waals surface area contributed by atoms with Gasteiger partial charge in [-0.2, -0.15) is 0 Å². The molecule has 0 aliphatic heterocycles. The molecule has 0 spiro atoms. The molecule has 1 rings (SSSR count). The summed E-state index contributed by atoms with van der Waals surface area (Å²) in [5, 5.41) is 0. The standard InChI is InChI=1S/C14H29NO/c1-5-10-15(4)11-13-6-8-14(9-7-13)16-12(2)3/h12-14H,5-11H2,1-4H3. The Morgan fingerprint density at radius 3 is 2.31 bits per heavy atom. The summed E-state index contributed by atoms with van der Waals surface area (Å²) >= 11 is 0. The van der Waals surface area contributed by atoms with Gasteiger partial charge >= 0.3 is 0 Å². The van der Waals surface area contributed by atoms with Gasteiger partial charge in [-0.1, -0.05) is 6.92 Å². The molecule has 96 valence electrons. The summed E-state index contributed by atoms with van der Waals surface area (Å²) < 4.78 is 5.88. The first-order valence-corrected chi connectivity index (χ1v) is 6.95. The molecule has 1 aliphatic carbocycles. The van der Waals surface area contributed by atoms with Crippen LogP contribution in [0.2, 0.25) is 0 Å². The molecule has 0 heterocycles. The fourth-order valence-corrected chi connectivity index (χ4v) is 2.75. The van der Waals surface area contributed by atoms with E-state index in [0.717, 1.165) is 5.92 Å². The fraction of sp³-hybridized carbons (Fsp3) is 1.00. The van der Waals surface area contributed by atoms with Crippen molar-refractivity contribution in [1.82, 2.24) is 4.90 Å². The van der Waals surface area contributed by atoms with Crippen LogP contribution in [0.1, 0.15) is 52.9 Å². The molecule has 16 heavy (non-hydrogen) atoms. The first kappa shape index (κ1) is 14.0. The lowest BCUT2D eigenvalue weighted by atomic mass is 9.87. The molecule has 0 bridgehead atoms. The van der Waals surface area contributed by atoms with E-state index >= 15 is 0 Å². The Bertz CT molecular complexity index is 174. The van der Waals surface area contributed by atoms with E-state index in [1.54, 1.807) is 0 Å². The molecule has 1 saturated carbocycles. The zero-order valence-electron chi connectivity index (χ0n) is 11.5. The molecule has 0 aromatic rings. The number of hydrogen-bond donors (Lipinski definition) is 0.